The largest absolute Gasteiger partial charge is 0.327 e. The van der Waals surface area contributed by atoms with Gasteiger partial charge in [0, 0.05) is 31.4 Å². The van der Waals surface area contributed by atoms with Crippen LogP contribution >= 0.6 is 0 Å². The molecule has 20 heavy (non-hydrogen) atoms. The van der Waals surface area contributed by atoms with E-state index >= 15 is 0 Å². The fraction of sp³-hybridized carbons (Fsp3) is 0.188. The van der Waals surface area contributed by atoms with Gasteiger partial charge in [0.05, 0.1) is 17.1 Å². The SMILES string of the molecule is Cn1c(-c2cccnc2)nc2cc(CCC#N)ccc21. The molecule has 0 aliphatic heterocycles. The first kappa shape index (κ1) is 12.4. The first-order valence-corrected chi connectivity index (χ1v) is 6.52. The van der Waals surface area contributed by atoms with E-state index in [2.05, 4.69) is 33.8 Å². The second kappa shape index (κ2) is 5.14. The Balaban J connectivity index is 2.08. The van der Waals surface area contributed by atoms with Gasteiger partial charge in [-0.1, -0.05) is 6.07 Å². The van der Waals surface area contributed by atoms with E-state index in [1.165, 1.54) is 0 Å². The molecule has 0 N–H and O–H groups in total. The molecule has 3 aromatic rings. The van der Waals surface area contributed by atoms with Gasteiger partial charge in [-0.25, -0.2) is 4.98 Å². The van der Waals surface area contributed by atoms with Crippen LogP contribution in [-0.2, 0) is 13.5 Å². The van der Waals surface area contributed by atoms with E-state index in [-0.39, 0.29) is 0 Å². The Labute approximate surface area is 117 Å². The standard InChI is InChI=1S/C16H14N4/c1-20-15-7-6-12(4-2-8-17)10-14(15)19-16(20)13-5-3-9-18-11-13/h3,5-7,9-11H,2,4H2,1H3. The lowest BCUT2D eigenvalue weighted by Crippen LogP contribution is -1.92. The van der Waals surface area contributed by atoms with E-state index in [1.54, 1.807) is 6.20 Å². The number of benzene rings is 1. The van der Waals surface area contributed by atoms with Crippen molar-refractivity contribution in [3.8, 4) is 17.5 Å². The van der Waals surface area contributed by atoms with Crippen LogP contribution in [0.1, 0.15) is 12.0 Å². The smallest absolute Gasteiger partial charge is 0.142 e. The molecule has 3 rings (SSSR count). The molecule has 0 spiro atoms. The molecule has 0 aliphatic carbocycles. The molecule has 0 radical (unpaired) electrons. The number of hydrogen-bond donors (Lipinski definition) is 0. The van der Waals surface area contributed by atoms with Gasteiger partial charge in [0.1, 0.15) is 5.82 Å². The second-order valence-corrected chi connectivity index (χ2v) is 4.72. The Bertz CT molecular complexity index is 781. The van der Waals surface area contributed by atoms with Crippen LogP contribution < -0.4 is 0 Å². The molecule has 98 valence electrons. The number of nitrogens with zero attached hydrogens (tertiary/aromatic N) is 4. The Morgan fingerprint density at radius 2 is 2.20 bits per heavy atom. The third-order valence-electron chi connectivity index (χ3n) is 3.39. The van der Waals surface area contributed by atoms with Gasteiger partial charge < -0.3 is 4.57 Å². The maximum Gasteiger partial charge on any atom is 0.142 e. The summed E-state index contributed by atoms with van der Waals surface area (Å²) in [6.07, 6.45) is 4.88. The summed E-state index contributed by atoms with van der Waals surface area (Å²) in [6.45, 7) is 0. The average Bonchev–Trinajstić information content (AvgIpc) is 2.83. The molecule has 2 heterocycles. The van der Waals surface area contributed by atoms with E-state index in [9.17, 15) is 0 Å². The van der Waals surface area contributed by atoms with Crippen molar-refractivity contribution in [2.24, 2.45) is 7.05 Å². The fourth-order valence-corrected chi connectivity index (χ4v) is 2.35. The lowest BCUT2D eigenvalue weighted by atomic mass is 10.1. The average molecular weight is 262 g/mol. The predicted octanol–water partition coefficient (Wildman–Crippen LogP) is 3.09. The first-order chi connectivity index (χ1) is 9.79. The zero-order valence-electron chi connectivity index (χ0n) is 11.2. The Morgan fingerprint density at radius 1 is 1.30 bits per heavy atom. The van der Waals surface area contributed by atoms with Crippen molar-refractivity contribution in [3.05, 3.63) is 48.3 Å². The predicted molar refractivity (Wildman–Crippen MR) is 77.9 cm³/mol. The highest BCUT2D eigenvalue weighted by atomic mass is 15.1. The number of hydrogen-bond acceptors (Lipinski definition) is 3. The molecular weight excluding hydrogens is 248 g/mol. The lowest BCUT2D eigenvalue weighted by Gasteiger charge is -2.01. The summed E-state index contributed by atoms with van der Waals surface area (Å²) in [5, 5.41) is 8.66. The highest BCUT2D eigenvalue weighted by Crippen LogP contribution is 2.24. The van der Waals surface area contributed by atoms with Crippen molar-refractivity contribution in [2.75, 3.05) is 0 Å². The van der Waals surface area contributed by atoms with Gasteiger partial charge in [-0.2, -0.15) is 5.26 Å². The maximum absolute atomic E-state index is 8.66. The van der Waals surface area contributed by atoms with Gasteiger partial charge in [0.25, 0.3) is 0 Å². The van der Waals surface area contributed by atoms with Gasteiger partial charge in [0.15, 0.2) is 0 Å². The first-order valence-electron chi connectivity index (χ1n) is 6.52. The monoisotopic (exact) mass is 262 g/mol. The zero-order chi connectivity index (χ0) is 13.9. The second-order valence-electron chi connectivity index (χ2n) is 4.72. The quantitative estimate of drug-likeness (QED) is 0.728. The topological polar surface area (TPSA) is 54.5 Å². The van der Waals surface area contributed by atoms with Crippen LogP contribution in [0.5, 0.6) is 0 Å². The van der Waals surface area contributed by atoms with Crippen LogP contribution in [0.4, 0.5) is 0 Å². The molecule has 0 aliphatic rings. The van der Waals surface area contributed by atoms with Crippen molar-refractivity contribution in [3.63, 3.8) is 0 Å². The summed E-state index contributed by atoms with van der Waals surface area (Å²) in [7, 11) is 2.01. The van der Waals surface area contributed by atoms with Crippen LogP contribution in [0.2, 0.25) is 0 Å². The van der Waals surface area contributed by atoms with Crippen molar-refractivity contribution >= 4 is 11.0 Å². The number of aromatic nitrogens is 3. The molecule has 0 saturated carbocycles. The molecule has 2 aromatic heterocycles. The molecule has 0 saturated heterocycles. The van der Waals surface area contributed by atoms with Crippen LogP contribution in [0.3, 0.4) is 0 Å². The minimum Gasteiger partial charge on any atom is -0.327 e. The minimum atomic E-state index is 0.536. The number of pyridine rings is 1. The zero-order valence-corrected chi connectivity index (χ0v) is 11.2. The van der Waals surface area contributed by atoms with Crippen molar-refractivity contribution in [1.82, 2.24) is 14.5 Å². The van der Waals surface area contributed by atoms with E-state index in [0.717, 1.165) is 34.4 Å². The third-order valence-corrected chi connectivity index (χ3v) is 3.39. The Morgan fingerprint density at radius 3 is 2.95 bits per heavy atom. The Hall–Kier alpha value is -2.67. The minimum absolute atomic E-state index is 0.536. The summed E-state index contributed by atoms with van der Waals surface area (Å²) >= 11 is 0. The summed E-state index contributed by atoms with van der Waals surface area (Å²) in [5.74, 6) is 0.908. The number of nitriles is 1. The number of fused-ring (bicyclic) bond motifs is 1. The number of imidazole rings is 1. The summed E-state index contributed by atoms with van der Waals surface area (Å²) in [4.78, 5) is 8.83. The molecule has 1 aromatic carbocycles. The highest BCUT2D eigenvalue weighted by Gasteiger charge is 2.10. The van der Waals surface area contributed by atoms with Crippen LogP contribution in [0.25, 0.3) is 22.4 Å². The molecule has 4 nitrogen and oxygen atoms in total. The van der Waals surface area contributed by atoms with E-state index < -0.39 is 0 Å². The summed E-state index contributed by atoms with van der Waals surface area (Å²) in [5.41, 5.74) is 4.20. The van der Waals surface area contributed by atoms with Gasteiger partial charge in [-0.15, -0.1) is 0 Å². The van der Waals surface area contributed by atoms with E-state index in [4.69, 9.17) is 10.2 Å². The molecule has 0 amide bonds. The fourth-order valence-electron chi connectivity index (χ4n) is 2.35. The van der Waals surface area contributed by atoms with Gasteiger partial charge in [0.2, 0.25) is 0 Å². The third kappa shape index (κ3) is 2.14. The Kier molecular flexibility index (Phi) is 3.18. The van der Waals surface area contributed by atoms with Gasteiger partial charge >= 0.3 is 0 Å². The van der Waals surface area contributed by atoms with Gasteiger partial charge in [-0.3, -0.25) is 4.98 Å². The maximum atomic E-state index is 8.66. The normalized spacial score (nSPS) is 10.6. The highest BCUT2D eigenvalue weighted by molar-refractivity contribution is 5.81. The molecular formula is C16H14N4. The van der Waals surface area contributed by atoms with Crippen LogP contribution in [0.15, 0.2) is 42.7 Å². The van der Waals surface area contributed by atoms with E-state index in [1.807, 2.05) is 25.4 Å². The summed E-state index contributed by atoms with van der Waals surface area (Å²) in [6, 6.07) is 12.3. The lowest BCUT2D eigenvalue weighted by molar-refractivity contribution is 0.957. The molecule has 0 fully saturated rings. The van der Waals surface area contributed by atoms with Crippen molar-refractivity contribution in [1.29, 1.82) is 5.26 Å². The number of rotatable bonds is 3. The van der Waals surface area contributed by atoms with Crippen LogP contribution in [0, 0.1) is 11.3 Å². The van der Waals surface area contributed by atoms with Crippen molar-refractivity contribution < 1.29 is 0 Å². The van der Waals surface area contributed by atoms with Crippen LogP contribution in [-0.4, -0.2) is 14.5 Å². The molecule has 0 atom stereocenters. The number of aryl methyl sites for hydroxylation is 2. The molecule has 0 unspecified atom stereocenters. The molecule has 4 heteroatoms. The van der Waals surface area contributed by atoms with E-state index in [0.29, 0.717) is 6.42 Å². The summed E-state index contributed by atoms with van der Waals surface area (Å²) < 4.78 is 2.07. The van der Waals surface area contributed by atoms with Crippen molar-refractivity contribution in [2.45, 2.75) is 12.8 Å². The van der Waals surface area contributed by atoms with Gasteiger partial charge in [-0.05, 0) is 36.2 Å². The molecule has 0 bridgehead atoms.